The molecule has 0 aliphatic rings. The van der Waals surface area contributed by atoms with E-state index in [1.165, 1.54) is 32.1 Å². The normalized spacial score (nSPS) is 15.2. The summed E-state index contributed by atoms with van der Waals surface area (Å²) in [7, 11) is 0. The molecular weight excluding hydrogens is 274 g/mol. The van der Waals surface area contributed by atoms with Crippen molar-refractivity contribution in [1.82, 2.24) is 0 Å². The van der Waals surface area contributed by atoms with Crippen LogP contribution in [-0.2, 0) is 4.79 Å². The largest absolute Gasteiger partial charge is 0.480 e. The van der Waals surface area contributed by atoms with Crippen molar-refractivity contribution in [2.45, 2.75) is 76.7 Å². The molecule has 0 saturated heterocycles. The molecule has 0 heterocycles. The van der Waals surface area contributed by atoms with Gasteiger partial charge in [-0.25, -0.2) is 0 Å². The van der Waals surface area contributed by atoms with Crippen LogP contribution in [0.3, 0.4) is 0 Å². The highest BCUT2D eigenvalue weighted by Crippen LogP contribution is 2.32. The average Bonchev–Trinajstić information content (AvgIpc) is 2.50. The van der Waals surface area contributed by atoms with E-state index < -0.39 is 11.5 Å². The van der Waals surface area contributed by atoms with Gasteiger partial charge in [0.2, 0.25) is 0 Å². The summed E-state index contributed by atoms with van der Waals surface area (Å²) in [5.74, 6) is -1.06. The number of carboxylic acid groups (broad SMARTS) is 1. The van der Waals surface area contributed by atoms with E-state index in [1.54, 1.807) is 6.92 Å². The van der Waals surface area contributed by atoms with Crippen LogP contribution in [0.5, 0.6) is 0 Å². The van der Waals surface area contributed by atoms with Crippen LogP contribution in [0, 0.1) is 0 Å². The Balaban J connectivity index is 2.56. The first-order chi connectivity index (χ1) is 10.5. The highest BCUT2D eigenvalue weighted by molar-refractivity contribution is 5.79. The molecule has 1 aromatic rings. The number of unbranched alkanes of at least 4 members (excludes halogenated alkanes) is 6. The Hall–Kier alpha value is -1.35. The lowest BCUT2D eigenvalue weighted by Gasteiger charge is -2.31. The molecule has 0 bridgehead atoms. The van der Waals surface area contributed by atoms with Gasteiger partial charge in [-0.1, -0.05) is 82.2 Å². The Morgan fingerprint density at radius 1 is 1.09 bits per heavy atom. The first-order valence-electron chi connectivity index (χ1n) is 8.57. The molecule has 0 aromatic heterocycles. The van der Waals surface area contributed by atoms with Crippen LogP contribution in [0.2, 0.25) is 0 Å². The molecular formula is C19H31NO2. The Kier molecular flexibility index (Phi) is 8.18. The number of rotatable bonds is 11. The highest BCUT2D eigenvalue weighted by Gasteiger charge is 2.37. The molecule has 22 heavy (non-hydrogen) atoms. The fourth-order valence-electron chi connectivity index (χ4n) is 2.95. The van der Waals surface area contributed by atoms with Crippen LogP contribution >= 0.6 is 0 Å². The maximum absolute atomic E-state index is 11.5. The van der Waals surface area contributed by atoms with Crippen molar-refractivity contribution < 1.29 is 9.90 Å². The van der Waals surface area contributed by atoms with Gasteiger partial charge < -0.3 is 10.8 Å². The number of nitrogens with two attached hydrogens (primary N) is 1. The molecule has 0 saturated carbocycles. The van der Waals surface area contributed by atoms with Crippen molar-refractivity contribution in [3.8, 4) is 0 Å². The Labute approximate surface area is 134 Å². The van der Waals surface area contributed by atoms with Gasteiger partial charge in [-0.2, -0.15) is 0 Å². The van der Waals surface area contributed by atoms with Crippen molar-refractivity contribution in [3.63, 3.8) is 0 Å². The SMILES string of the molecule is CCCCCCCCCC(c1ccccc1)C(C)(N)C(=O)O. The maximum Gasteiger partial charge on any atom is 0.324 e. The van der Waals surface area contributed by atoms with E-state index in [9.17, 15) is 9.90 Å². The molecule has 124 valence electrons. The molecule has 0 fully saturated rings. The summed E-state index contributed by atoms with van der Waals surface area (Å²) < 4.78 is 0. The van der Waals surface area contributed by atoms with Crippen LogP contribution in [0.15, 0.2) is 30.3 Å². The summed E-state index contributed by atoms with van der Waals surface area (Å²) in [6.45, 7) is 3.85. The molecule has 0 aliphatic carbocycles. The van der Waals surface area contributed by atoms with E-state index in [2.05, 4.69) is 6.92 Å². The van der Waals surface area contributed by atoms with Crippen LogP contribution in [0.1, 0.15) is 76.7 Å². The minimum Gasteiger partial charge on any atom is -0.480 e. The lowest BCUT2D eigenvalue weighted by molar-refractivity contribution is -0.143. The fraction of sp³-hybridized carbons (Fsp3) is 0.632. The van der Waals surface area contributed by atoms with Crippen LogP contribution < -0.4 is 5.73 Å². The predicted molar refractivity (Wildman–Crippen MR) is 92.0 cm³/mol. The van der Waals surface area contributed by atoms with Gasteiger partial charge in [-0.15, -0.1) is 0 Å². The number of hydrogen-bond donors (Lipinski definition) is 2. The maximum atomic E-state index is 11.5. The number of aliphatic carboxylic acids is 1. The summed E-state index contributed by atoms with van der Waals surface area (Å²) in [6.07, 6.45) is 9.42. The topological polar surface area (TPSA) is 63.3 Å². The van der Waals surface area contributed by atoms with Crippen LogP contribution in [0.4, 0.5) is 0 Å². The van der Waals surface area contributed by atoms with E-state index in [-0.39, 0.29) is 5.92 Å². The number of carboxylic acids is 1. The third-order valence-corrected chi connectivity index (χ3v) is 4.48. The van der Waals surface area contributed by atoms with Crippen LogP contribution in [-0.4, -0.2) is 16.6 Å². The summed E-state index contributed by atoms with van der Waals surface area (Å²) in [6, 6.07) is 9.82. The number of hydrogen-bond acceptors (Lipinski definition) is 2. The molecule has 3 N–H and O–H groups in total. The van der Waals surface area contributed by atoms with E-state index >= 15 is 0 Å². The van der Waals surface area contributed by atoms with Crippen LogP contribution in [0.25, 0.3) is 0 Å². The molecule has 0 amide bonds. The van der Waals surface area contributed by atoms with Gasteiger partial charge in [0.1, 0.15) is 5.54 Å². The molecule has 0 radical (unpaired) electrons. The zero-order valence-corrected chi connectivity index (χ0v) is 14.1. The summed E-state index contributed by atoms with van der Waals surface area (Å²) in [5, 5.41) is 9.45. The second-order valence-electron chi connectivity index (χ2n) is 6.46. The summed E-state index contributed by atoms with van der Waals surface area (Å²) in [5.41, 5.74) is 5.93. The van der Waals surface area contributed by atoms with E-state index in [1.807, 2.05) is 30.3 Å². The predicted octanol–water partition coefficient (Wildman–Crippen LogP) is 4.71. The van der Waals surface area contributed by atoms with Crippen molar-refractivity contribution in [1.29, 1.82) is 0 Å². The monoisotopic (exact) mass is 305 g/mol. The molecule has 0 aliphatic heterocycles. The quantitative estimate of drug-likeness (QED) is 0.582. The average molecular weight is 305 g/mol. The minimum atomic E-state index is -1.22. The Bertz CT molecular complexity index is 428. The van der Waals surface area contributed by atoms with E-state index in [0.717, 1.165) is 24.8 Å². The van der Waals surface area contributed by atoms with Gasteiger partial charge in [0, 0.05) is 5.92 Å². The van der Waals surface area contributed by atoms with Gasteiger partial charge in [-0.05, 0) is 18.9 Å². The molecule has 0 spiro atoms. The van der Waals surface area contributed by atoms with Crippen molar-refractivity contribution in [2.75, 3.05) is 0 Å². The first kappa shape index (κ1) is 18.7. The molecule has 2 atom stereocenters. The Morgan fingerprint density at radius 3 is 2.18 bits per heavy atom. The zero-order valence-electron chi connectivity index (χ0n) is 14.1. The first-order valence-corrected chi connectivity index (χ1v) is 8.57. The molecule has 1 aromatic carbocycles. The number of benzene rings is 1. The van der Waals surface area contributed by atoms with Crippen molar-refractivity contribution in [3.05, 3.63) is 35.9 Å². The molecule has 2 unspecified atom stereocenters. The smallest absolute Gasteiger partial charge is 0.324 e. The third-order valence-electron chi connectivity index (χ3n) is 4.48. The van der Waals surface area contributed by atoms with E-state index in [0.29, 0.717) is 0 Å². The second-order valence-corrected chi connectivity index (χ2v) is 6.46. The molecule has 3 nitrogen and oxygen atoms in total. The van der Waals surface area contributed by atoms with E-state index in [4.69, 9.17) is 5.73 Å². The summed E-state index contributed by atoms with van der Waals surface area (Å²) >= 11 is 0. The van der Waals surface area contributed by atoms with Crippen molar-refractivity contribution >= 4 is 5.97 Å². The minimum absolute atomic E-state index is 0.137. The highest BCUT2D eigenvalue weighted by atomic mass is 16.4. The fourth-order valence-corrected chi connectivity index (χ4v) is 2.95. The van der Waals surface area contributed by atoms with Crippen molar-refractivity contribution in [2.24, 2.45) is 5.73 Å². The van der Waals surface area contributed by atoms with Gasteiger partial charge in [0.15, 0.2) is 0 Å². The molecule has 3 heteroatoms. The zero-order chi connectivity index (χ0) is 16.4. The second kappa shape index (κ2) is 9.62. The lowest BCUT2D eigenvalue weighted by atomic mass is 9.78. The summed E-state index contributed by atoms with van der Waals surface area (Å²) in [4.78, 5) is 11.5. The number of carbonyl (C=O) groups is 1. The van der Waals surface area contributed by atoms with Gasteiger partial charge in [-0.3, -0.25) is 4.79 Å². The third kappa shape index (κ3) is 5.80. The molecule has 1 rings (SSSR count). The van der Waals surface area contributed by atoms with Gasteiger partial charge >= 0.3 is 5.97 Å². The lowest BCUT2D eigenvalue weighted by Crippen LogP contribution is -2.50. The Morgan fingerprint density at radius 2 is 1.64 bits per heavy atom. The van der Waals surface area contributed by atoms with Gasteiger partial charge in [0.25, 0.3) is 0 Å². The van der Waals surface area contributed by atoms with Gasteiger partial charge in [0.05, 0.1) is 0 Å². The standard InChI is InChI=1S/C19H31NO2/c1-3-4-5-6-7-8-12-15-17(19(2,20)18(21)22)16-13-10-9-11-14-16/h9-11,13-14,17H,3-8,12,15,20H2,1-2H3,(H,21,22).